The minimum absolute atomic E-state index is 0.341. The summed E-state index contributed by atoms with van der Waals surface area (Å²) in [7, 11) is 0. The van der Waals surface area contributed by atoms with Gasteiger partial charge in [-0.1, -0.05) is 24.3 Å². The van der Waals surface area contributed by atoms with Crippen LogP contribution in [0.3, 0.4) is 0 Å². The number of nitrogens with zero attached hydrogens (tertiary/aromatic N) is 1. The zero-order valence-electron chi connectivity index (χ0n) is 13.7. The molecule has 2 aromatic carbocycles. The van der Waals surface area contributed by atoms with Gasteiger partial charge in [0.15, 0.2) is 6.61 Å². The van der Waals surface area contributed by atoms with Crippen LogP contribution in [-0.2, 0) is 9.53 Å². The van der Waals surface area contributed by atoms with Crippen molar-refractivity contribution in [2.75, 3.05) is 11.9 Å². The number of H-pyrrole nitrogens is 1. The van der Waals surface area contributed by atoms with Crippen molar-refractivity contribution in [1.29, 1.82) is 0 Å². The van der Waals surface area contributed by atoms with E-state index in [1.54, 1.807) is 42.7 Å². The number of ether oxygens (including phenoxy) is 1. The summed E-state index contributed by atoms with van der Waals surface area (Å²) < 4.78 is 5.05. The SMILES string of the molecule is Cc1cccc(NC(=O)COC(=O)c2ccc(-c3ncc[nH]3)cc2)c1. The van der Waals surface area contributed by atoms with E-state index >= 15 is 0 Å². The van der Waals surface area contributed by atoms with Crippen molar-refractivity contribution in [1.82, 2.24) is 9.97 Å². The molecular formula is C19H17N3O3. The maximum atomic E-state index is 12.0. The number of aromatic amines is 1. The third-order valence-electron chi connectivity index (χ3n) is 3.53. The number of benzene rings is 2. The number of hydrogen-bond donors (Lipinski definition) is 2. The van der Waals surface area contributed by atoms with Gasteiger partial charge in [-0.05, 0) is 36.8 Å². The van der Waals surface area contributed by atoms with Gasteiger partial charge >= 0.3 is 5.97 Å². The van der Waals surface area contributed by atoms with Crippen LogP contribution in [0.15, 0.2) is 60.9 Å². The van der Waals surface area contributed by atoms with E-state index in [4.69, 9.17) is 4.74 Å². The van der Waals surface area contributed by atoms with Crippen molar-refractivity contribution in [2.24, 2.45) is 0 Å². The molecule has 0 saturated carbocycles. The Hall–Kier alpha value is -3.41. The molecule has 0 radical (unpaired) electrons. The molecule has 2 N–H and O–H groups in total. The van der Waals surface area contributed by atoms with Crippen LogP contribution in [0.2, 0.25) is 0 Å². The number of carbonyl (C=O) groups excluding carboxylic acids is 2. The van der Waals surface area contributed by atoms with Crippen LogP contribution in [0.4, 0.5) is 5.69 Å². The van der Waals surface area contributed by atoms with Crippen molar-refractivity contribution in [3.05, 3.63) is 72.1 Å². The summed E-state index contributed by atoms with van der Waals surface area (Å²) in [6, 6.07) is 14.2. The van der Waals surface area contributed by atoms with E-state index < -0.39 is 5.97 Å². The van der Waals surface area contributed by atoms with Crippen LogP contribution in [0.25, 0.3) is 11.4 Å². The molecule has 0 fully saturated rings. The van der Waals surface area contributed by atoms with Gasteiger partial charge in [-0.15, -0.1) is 0 Å². The van der Waals surface area contributed by atoms with E-state index in [1.165, 1.54) is 0 Å². The van der Waals surface area contributed by atoms with Crippen LogP contribution in [-0.4, -0.2) is 28.5 Å². The first-order valence-corrected chi connectivity index (χ1v) is 7.75. The van der Waals surface area contributed by atoms with Gasteiger partial charge in [0.05, 0.1) is 5.56 Å². The van der Waals surface area contributed by atoms with Gasteiger partial charge in [0.2, 0.25) is 0 Å². The summed E-state index contributed by atoms with van der Waals surface area (Å²) in [4.78, 5) is 31.0. The van der Waals surface area contributed by atoms with Crippen molar-refractivity contribution in [2.45, 2.75) is 6.92 Å². The maximum Gasteiger partial charge on any atom is 0.338 e. The minimum atomic E-state index is -0.551. The number of anilines is 1. The molecule has 1 amide bonds. The largest absolute Gasteiger partial charge is 0.452 e. The van der Waals surface area contributed by atoms with Gasteiger partial charge in [0.25, 0.3) is 5.91 Å². The van der Waals surface area contributed by atoms with Gasteiger partial charge in [-0.25, -0.2) is 9.78 Å². The molecule has 0 aliphatic rings. The molecule has 0 bridgehead atoms. The molecule has 1 aromatic heterocycles. The van der Waals surface area contributed by atoms with Gasteiger partial charge in [-0.2, -0.15) is 0 Å². The molecule has 0 aliphatic heterocycles. The highest BCUT2D eigenvalue weighted by Crippen LogP contribution is 2.15. The lowest BCUT2D eigenvalue weighted by molar-refractivity contribution is -0.119. The zero-order valence-corrected chi connectivity index (χ0v) is 13.7. The predicted molar refractivity (Wildman–Crippen MR) is 94.1 cm³/mol. The number of imidazole rings is 1. The molecule has 1 heterocycles. The summed E-state index contributed by atoms with van der Waals surface area (Å²) in [5.74, 6) is -0.214. The van der Waals surface area contributed by atoms with E-state index in [0.29, 0.717) is 11.3 Å². The van der Waals surface area contributed by atoms with E-state index in [0.717, 1.165) is 17.0 Å². The topological polar surface area (TPSA) is 84.1 Å². The second kappa shape index (κ2) is 7.44. The predicted octanol–water partition coefficient (Wildman–Crippen LogP) is 3.18. The molecule has 6 nitrogen and oxygen atoms in total. The van der Waals surface area contributed by atoms with Crippen LogP contribution >= 0.6 is 0 Å². The number of amides is 1. The Bertz CT molecular complexity index is 871. The third-order valence-corrected chi connectivity index (χ3v) is 3.53. The Labute approximate surface area is 144 Å². The smallest absolute Gasteiger partial charge is 0.338 e. The van der Waals surface area contributed by atoms with E-state index in [1.807, 2.05) is 25.1 Å². The average molecular weight is 335 g/mol. The Kier molecular flexibility index (Phi) is 4.89. The Morgan fingerprint density at radius 1 is 1.16 bits per heavy atom. The van der Waals surface area contributed by atoms with Crippen LogP contribution in [0.1, 0.15) is 15.9 Å². The number of nitrogens with one attached hydrogen (secondary N) is 2. The fourth-order valence-corrected chi connectivity index (χ4v) is 2.32. The van der Waals surface area contributed by atoms with Crippen molar-refractivity contribution < 1.29 is 14.3 Å². The summed E-state index contributed by atoms with van der Waals surface area (Å²) in [5.41, 5.74) is 2.94. The van der Waals surface area contributed by atoms with Gasteiger partial charge in [0.1, 0.15) is 5.82 Å². The number of esters is 1. The quantitative estimate of drug-likeness (QED) is 0.701. The number of carbonyl (C=O) groups is 2. The summed E-state index contributed by atoms with van der Waals surface area (Å²) in [6.45, 7) is 1.59. The third kappa shape index (κ3) is 4.32. The first-order valence-electron chi connectivity index (χ1n) is 7.75. The molecule has 3 aromatic rings. The number of rotatable bonds is 5. The lowest BCUT2D eigenvalue weighted by Gasteiger charge is -2.07. The molecule has 0 atom stereocenters. The molecule has 0 unspecified atom stereocenters. The highest BCUT2D eigenvalue weighted by atomic mass is 16.5. The van der Waals surface area contributed by atoms with E-state index in [2.05, 4.69) is 15.3 Å². The summed E-state index contributed by atoms with van der Waals surface area (Å²) >= 11 is 0. The highest BCUT2D eigenvalue weighted by Gasteiger charge is 2.11. The van der Waals surface area contributed by atoms with E-state index in [9.17, 15) is 9.59 Å². The van der Waals surface area contributed by atoms with Crippen LogP contribution < -0.4 is 5.32 Å². The lowest BCUT2D eigenvalue weighted by Crippen LogP contribution is -2.20. The fraction of sp³-hybridized carbons (Fsp3) is 0.105. The molecule has 0 spiro atoms. The number of aromatic nitrogens is 2. The van der Waals surface area contributed by atoms with Crippen LogP contribution in [0, 0.1) is 6.92 Å². The Morgan fingerprint density at radius 2 is 1.96 bits per heavy atom. The minimum Gasteiger partial charge on any atom is -0.452 e. The molecule has 0 aliphatic carbocycles. The number of hydrogen-bond acceptors (Lipinski definition) is 4. The fourth-order valence-electron chi connectivity index (χ4n) is 2.32. The lowest BCUT2D eigenvalue weighted by atomic mass is 10.1. The molecule has 25 heavy (non-hydrogen) atoms. The van der Waals surface area contributed by atoms with Crippen molar-refractivity contribution >= 4 is 17.6 Å². The average Bonchev–Trinajstić information content (AvgIpc) is 3.14. The molecule has 3 rings (SSSR count). The summed E-state index contributed by atoms with van der Waals surface area (Å²) in [5, 5.41) is 2.69. The molecule has 0 saturated heterocycles. The highest BCUT2D eigenvalue weighted by molar-refractivity contribution is 5.95. The van der Waals surface area contributed by atoms with Gasteiger partial charge in [0, 0.05) is 23.6 Å². The van der Waals surface area contributed by atoms with Crippen molar-refractivity contribution in [3.8, 4) is 11.4 Å². The first-order chi connectivity index (χ1) is 12.1. The number of aryl methyl sites for hydroxylation is 1. The zero-order chi connectivity index (χ0) is 17.6. The molecule has 6 heteroatoms. The molecular weight excluding hydrogens is 318 g/mol. The first kappa shape index (κ1) is 16.4. The Balaban J connectivity index is 1.54. The molecule has 126 valence electrons. The van der Waals surface area contributed by atoms with Gasteiger partial charge in [-0.3, -0.25) is 4.79 Å². The van der Waals surface area contributed by atoms with Gasteiger partial charge < -0.3 is 15.0 Å². The monoisotopic (exact) mass is 335 g/mol. The van der Waals surface area contributed by atoms with Crippen LogP contribution in [0.5, 0.6) is 0 Å². The normalized spacial score (nSPS) is 10.3. The Morgan fingerprint density at radius 3 is 2.64 bits per heavy atom. The second-order valence-corrected chi connectivity index (χ2v) is 5.51. The summed E-state index contributed by atoms with van der Waals surface area (Å²) in [6.07, 6.45) is 3.38. The van der Waals surface area contributed by atoms with Crippen molar-refractivity contribution in [3.63, 3.8) is 0 Å². The maximum absolute atomic E-state index is 12.0. The second-order valence-electron chi connectivity index (χ2n) is 5.51. The van der Waals surface area contributed by atoms with E-state index in [-0.39, 0.29) is 12.5 Å². The standard InChI is InChI=1S/C19H17N3O3/c1-13-3-2-4-16(11-13)22-17(23)12-25-19(24)15-7-5-14(6-8-15)18-20-9-10-21-18/h2-11H,12H2,1H3,(H,20,21)(H,22,23).